The Kier molecular flexibility index (Phi) is 6.26. The molecule has 9 heteroatoms. The molecule has 1 aliphatic rings. The lowest BCUT2D eigenvalue weighted by atomic mass is 10.1. The highest BCUT2D eigenvalue weighted by Gasteiger charge is 2.19. The molecule has 0 spiro atoms. The van der Waals surface area contributed by atoms with Crippen LogP contribution in [0.15, 0.2) is 35.3 Å². The molecule has 2 aromatic heterocycles. The molecule has 158 valence electrons. The lowest BCUT2D eigenvalue weighted by Crippen LogP contribution is -2.25. The molecule has 1 aliphatic heterocycles. The van der Waals surface area contributed by atoms with Crippen LogP contribution in [0.3, 0.4) is 0 Å². The highest BCUT2D eigenvalue weighted by Crippen LogP contribution is 2.22. The summed E-state index contributed by atoms with van der Waals surface area (Å²) in [5.74, 6) is 0.847. The van der Waals surface area contributed by atoms with Crippen LogP contribution < -0.4 is 15.6 Å². The summed E-state index contributed by atoms with van der Waals surface area (Å²) in [4.78, 5) is 26.5. The van der Waals surface area contributed by atoms with E-state index >= 15 is 0 Å². The van der Waals surface area contributed by atoms with Crippen LogP contribution >= 0.6 is 11.6 Å². The first kappa shape index (κ1) is 20.7. The second-order valence-electron chi connectivity index (χ2n) is 7.58. The molecule has 1 unspecified atom stereocenters. The van der Waals surface area contributed by atoms with Gasteiger partial charge in [0, 0.05) is 25.4 Å². The van der Waals surface area contributed by atoms with Gasteiger partial charge in [-0.3, -0.25) is 9.78 Å². The number of rotatable bonds is 7. The summed E-state index contributed by atoms with van der Waals surface area (Å²) in [5, 5.41) is 3.89. The van der Waals surface area contributed by atoms with E-state index in [1.807, 2.05) is 0 Å². The van der Waals surface area contributed by atoms with Crippen LogP contribution in [0, 0.1) is 11.7 Å². The van der Waals surface area contributed by atoms with Crippen LogP contribution in [0.2, 0.25) is 5.02 Å². The molecule has 0 radical (unpaired) electrons. The van der Waals surface area contributed by atoms with Crippen molar-refractivity contribution in [2.45, 2.75) is 19.6 Å². The van der Waals surface area contributed by atoms with E-state index in [9.17, 15) is 9.18 Å². The molecule has 30 heavy (non-hydrogen) atoms. The molecular formula is C21H23ClFN5O2. The summed E-state index contributed by atoms with van der Waals surface area (Å²) in [5.41, 5.74) is 1.01. The molecule has 1 atom stereocenters. The van der Waals surface area contributed by atoms with Gasteiger partial charge >= 0.3 is 0 Å². The van der Waals surface area contributed by atoms with Crippen molar-refractivity contribution >= 4 is 22.5 Å². The molecule has 2 N–H and O–H groups in total. The molecule has 3 heterocycles. The maximum Gasteiger partial charge on any atom is 0.258 e. The number of halogens is 2. The number of fused-ring (bicyclic) bond motifs is 1. The molecule has 1 saturated heterocycles. The molecule has 1 fully saturated rings. The highest BCUT2D eigenvalue weighted by atomic mass is 35.5. The first-order chi connectivity index (χ1) is 14.5. The van der Waals surface area contributed by atoms with Crippen molar-refractivity contribution < 1.29 is 9.13 Å². The Labute approximate surface area is 178 Å². The van der Waals surface area contributed by atoms with E-state index < -0.39 is 5.82 Å². The molecule has 0 amide bonds. The minimum Gasteiger partial charge on any atom is -0.486 e. The number of H-pyrrole nitrogens is 1. The zero-order valence-electron chi connectivity index (χ0n) is 16.6. The van der Waals surface area contributed by atoms with Gasteiger partial charge in [-0.25, -0.2) is 9.37 Å². The second kappa shape index (κ2) is 9.07. The fraction of sp³-hybridized carbons (Fsp3) is 0.381. The Balaban J connectivity index is 1.48. The van der Waals surface area contributed by atoms with Crippen LogP contribution in [0.5, 0.6) is 5.75 Å². The Morgan fingerprint density at radius 1 is 1.40 bits per heavy atom. The van der Waals surface area contributed by atoms with Crippen molar-refractivity contribution in [2.24, 2.45) is 5.92 Å². The normalized spacial score (nSPS) is 17.0. The Morgan fingerprint density at radius 3 is 3.03 bits per heavy atom. The molecule has 0 aliphatic carbocycles. The number of hydrogen-bond acceptors (Lipinski definition) is 6. The van der Waals surface area contributed by atoms with Crippen LogP contribution in [0.1, 0.15) is 17.9 Å². The molecule has 7 nitrogen and oxygen atoms in total. The fourth-order valence-corrected chi connectivity index (χ4v) is 3.84. The topological polar surface area (TPSA) is 83.1 Å². The van der Waals surface area contributed by atoms with Gasteiger partial charge in [0.25, 0.3) is 5.56 Å². The second-order valence-corrected chi connectivity index (χ2v) is 7.99. The van der Waals surface area contributed by atoms with Gasteiger partial charge in [0.05, 0.1) is 16.1 Å². The smallest absolute Gasteiger partial charge is 0.258 e. The van der Waals surface area contributed by atoms with E-state index in [-0.39, 0.29) is 17.2 Å². The number of ether oxygens (including phenoxy) is 1. The van der Waals surface area contributed by atoms with Crippen LogP contribution in [-0.2, 0) is 13.2 Å². The van der Waals surface area contributed by atoms with Crippen molar-refractivity contribution in [3.63, 3.8) is 0 Å². The highest BCUT2D eigenvalue weighted by molar-refractivity contribution is 6.30. The van der Waals surface area contributed by atoms with E-state index in [4.69, 9.17) is 16.3 Å². The average Bonchev–Trinajstić information content (AvgIpc) is 3.14. The Morgan fingerprint density at radius 2 is 2.27 bits per heavy atom. The van der Waals surface area contributed by atoms with Gasteiger partial charge in [-0.15, -0.1) is 0 Å². The van der Waals surface area contributed by atoms with Gasteiger partial charge in [0.1, 0.15) is 29.5 Å². The predicted molar refractivity (Wildman–Crippen MR) is 113 cm³/mol. The molecular weight excluding hydrogens is 409 g/mol. The van der Waals surface area contributed by atoms with E-state index in [2.05, 4.69) is 32.2 Å². The van der Waals surface area contributed by atoms with Crippen molar-refractivity contribution in [1.29, 1.82) is 0 Å². The van der Waals surface area contributed by atoms with Crippen molar-refractivity contribution in [3.05, 3.63) is 63.2 Å². The van der Waals surface area contributed by atoms with Crippen LogP contribution in [0.4, 0.5) is 4.39 Å². The van der Waals surface area contributed by atoms with Gasteiger partial charge in [-0.1, -0.05) is 11.6 Å². The molecule has 3 aromatic rings. The standard InChI is InChI=1S/C21H23ClFN5O2/c1-28-7-5-13(11-28)9-24-10-18-20-15(4-6-25-18)21(29)27-19(26-20)12-30-14-2-3-17(23)16(22)8-14/h2-4,6,8,13,24H,5,7,9-12H2,1H3,(H,26,27,29). The van der Waals surface area contributed by atoms with Crippen molar-refractivity contribution in [2.75, 3.05) is 26.7 Å². The van der Waals surface area contributed by atoms with Gasteiger partial charge in [0.15, 0.2) is 0 Å². The summed E-state index contributed by atoms with van der Waals surface area (Å²) in [6, 6.07) is 5.73. The summed E-state index contributed by atoms with van der Waals surface area (Å²) >= 11 is 5.78. The number of aromatic amines is 1. The summed E-state index contributed by atoms with van der Waals surface area (Å²) in [7, 11) is 2.13. The van der Waals surface area contributed by atoms with Crippen LogP contribution in [-0.4, -0.2) is 46.5 Å². The number of nitrogens with one attached hydrogen (secondary N) is 2. The number of benzene rings is 1. The SMILES string of the molecule is CN1CCC(CNCc2nccc3c(=O)[nH]c(COc4ccc(F)c(Cl)c4)nc23)C1. The lowest BCUT2D eigenvalue weighted by Gasteiger charge is -2.12. The van der Waals surface area contributed by atoms with E-state index in [1.165, 1.54) is 24.6 Å². The third-order valence-electron chi connectivity index (χ3n) is 5.23. The molecule has 0 bridgehead atoms. The summed E-state index contributed by atoms with van der Waals surface area (Å²) in [6.45, 7) is 3.65. The third kappa shape index (κ3) is 4.77. The van der Waals surface area contributed by atoms with E-state index in [0.717, 1.165) is 25.3 Å². The molecule has 1 aromatic carbocycles. The molecule has 4 rings (SSSR count). The quantitative estimate of drug-likeness (QED) is 0.598. The number of likely N-dealkylation sites (tertiary alicyclic amines) is 1. The third-order valence-corrected chi connectivity index (χ3v) is 5.52. The van der Waals surface area contributed by atoms with Gasteiger partial charge in [-0.2, -0.15) is 0 Å². The van der Waals surface area contributed by atoms with Gasteiger partial charge in [0.2, 0.25) is 0 Å². The number of pyridine rings is 1. The number of nitrogens with zero attached hydrogens (tertiary/aromatic N) is 3. The minimum atomic E-state index is -0.520. The summed E-state index contributed by atoms with van der Waals surface area (Å²) < 4.78 is 18.9. The Bertz CT molecular complexity index is 1110. The van der Waals surface area contributed by atoms with E-state index in [1.54, 1.807) is 12.3 Å². The molecule has 0 saturated carbocycles. The monoisotopic (exact) mass is 431 g/mol. The summed E-state index contributed by atoms with van der Waals surface area (Å²) in [6.07, 6.45) is 2.80. The van der Waals surface area contributed by atoms with Crippen LogP contribution in [0.25, 0.3) is 10.9 Å². The average molecular weight is 432 g/mol. The fourth-order valence-electron chi connectivity index (χ4n) is 3.67. The maximum atomic E-state index is 13.3. The zero-order valence-corrected chi connectivity index (χ0v) is 17.4. The largest absolute Gasteiger partial charge is 0.486 e. The zero-order chi connectivity index (χ0) is 21.1. The first-order valence-corrected chi connectivity index (χ1v) is 10.2. The lowest BCUT2D eigenvalue weighted by molar-refractivity contribution is 0.295. The van der Waals surface area contributed by atoms with Gasteiger partial charge < -0.3 is 19.9 Å². The Hall–Kier alpha value is -2.55. The van der Waals surface area contributed by atoms with E-state index in [0.29, 0.717) is 34.9 Å². The number of aromatic nitrogens is 3. The first-order valence-electron chi connectivity index (χ1n) is 9.83. The minimum absolute atomic E-state index is 0.0172. The number of hydrogen-bond donors (Lipinski definition) is 2. The van der Waals surface area contributed by atoms with Crippen molar-refractivity contribution in [1.82, 2.24) is 25.2 Å². The maximum absolute atomic E-state index is 13.3. The van der Waals surface area contributed by atoms with Crippen molar-refractivity contribution in [3.8, 4) is 5.75 Å². The van der Waals surface area contributed by atoms with Gasteiger partial charge in [-0.05, 0) is 50.7 Å². The predicted octanol–water partition coefficient (Wildman–Crippen LogP) is 2.73.